The van der Waals surface area contributed by atoms with Crippen LogP contribution in [0.3, 0.4) is 0 Å². The van der Waals surface area contributed by atoms with Crippen LogP contribution in [0.25, 0.3) is 0 Å². The van der Waals surface area contributed by atoms with E-state index < -0.39 is 5.97 Å². The highest BCUT2D eigenvalue weighted by atomic mass is 16.5. The van der Waals surface area contributed by atoms with Gasteiger partial charge in [-0.15, -0.1) is 0 Å². The molecule has 0 aliphatic heterocycles. The molecule has 0 bridgehead atoms. The van der Waals surface area contributed by atoms with Gasteiger partial charge >= 0.3 is 5.97 Å². The summed E-state index contributed by atoms with van der Waals surface area (Å²) in [5.74, 6) is 0.332. The van der Waals surface area contributed by atoms with E-state index in [0.29, 0.717) is 29.7 Å². The summed E-state index contributed by atoms with van der Waals surface area (Å²) < 4.78 is 5.05. The van der Waals surface area contributed by atoms with E-state index in [1.165, 1.54) is 5.56 Å². The Morgan fingerprint density at radius 1 is 1.08 bits per heavy atom. The van der Waals surface area contributed by atoms with Gasteiger partial charge in [0.1, 0.15) is 5.75 Å². The molecular formula is C19H19NO4. The number of nitrogens with one attached hydrogen (secondary N) is 1. The Hall–Kier alpha value is -2.82. The Balaban J connectivity index is 1.46. The molecule has 1 aliphatic carbocycles. The van der Waals surface area contributed by atoms with Gasteiger partial charge in [-0.2, -0.15) is 0 Å². The van der Waals surface area contributed by atoms with E-state index in [-0.39, 0.29) is 12.5 Å². The van der Waals surface area contributed by atoms with Crippen molar-refractivity contribution in [2.75, 3.05) is 11.9 Å². The Bertz CT molecular complexity index is 712. The molecule has 3 rings (SSSR count). The van der Waals surface area contributed by atoms with Crippen LogP contribution < -0.4 is 10.1 Å². The molecule has 0 spiro atoms. The molecule has 0 saturated heterocycles. The van der Waals surface area contributed by atoms with Crippen LogP contribution in [0.15, 0.2) is 54.6 Å². The van der Waals surface area contributed by atoms with E-state index >= 15 is 0 Å². The number of carbonyl (C=O) groups is 2. The number of aliphatic carboxylic acids is 1. The van der Waals surface area contributed by atoms with Crippen molar-refractivity contribution < 1.29 is 19.4 Å². The lowest BCUT2D eigenvalue weighted by molar-refractivity contribution is -0.139. The fourth-order valence-electron chi connectivity index (χ4n) is 2.81. The number of hydrogen-bond donors (Lipinski definition) is 2. The minimum absolute atomic E-state index is 0.00219. The smallest absolute Gasteiger partial charge is 0.341 e. The lowest BCUT2D eigenvalue weighted by atomic mass is 10.1. The predicted octanol–water partition coefficient (Wildman–Crippen LogP) is 3.28. The van der Waals surface area contributed by atoms with Gasteiger partial charge in [0.05, 0.1) is 0 Å². The molecule has 0 unspecified atom stereocenters. The predicted molar refractivity (Wildman–Crippen MR) is 90.1 cm³/mol. The summed E-state index contributed by atoms with van der Waals surface area (Å²) in [6.45, 7) is -0.381. The maximum absolute atomic E-state index is 12.1. The van der Waals surface area contributed by atoms with Crippen LogP contribution in [0, 0.1) is 5.92 Å². The van der Waals surface area contributed by atoms with Gasteiger partial charge in [0.25, 0.3) is 0 Å². The third-order valence-electron chi connectivity index (χ3n) is 4.10. The lowest BCUT2D eigenvalue weighted by Gasteiger charge is -2.07. The van der Waals surface area contributed by atoms with Gasteiger partial charge in [0.2, 0.25) is 5.91 Å². The lowest BCUT2D eigenvalue weighted by Crippen LogP contribution is -2.12. The zero-order valence-electron chi connectivity index (χ0n) is 13.1. The quantitative estimate of drug-likeness (QED) is 0.819. The van der Waals surface area contributed by atoms with Crippen molar-refractivity contribution in [2.24, 2.45) is 5.92 Å². The first kappa shape index (κ1) is 16.1. The van der Waals surface area contributed by atoms with Gasteiger partial charge in [0.15, 0.2) is 6.61 Å². The molecule has 0 heterocycles. The van der Waals surface area contributed by atoms with E-state index in [1.807, 2.05) is 18.2 Å². The molecule has 1 fully saturated rings. The molecule has 5 heteroatoms. The highest BCUT2D eigenvalue weighted by Gasteiger charge is 2.39. The molecule has 2 aromatic rings. The minimum Gasteiger partial charge on any atom is -0.482 e. The fraction of sp³-hybridized carbons (Fsp3) is 0.263. The fourth-order valence-corrected chi connectivity index (χ4v) is 2.81. The monoisotopic (exact) mass is 325 g/mol. The van der Waals surface area contributed by atoms with E-state index in [4.69, 9.17) is 9.84 Å². The van der Waals surface area contributed by atoms with Crippen LogP contribution in [-0.2, 0) is 9.59 Å². The SMILES string of the molecule is O=C(O)COc1ccc(NC(=O)C[C@@H]2C[C@H]2c2ccccc2)cc1. The third-order valence-corrected chi connectivity index (χ3v) is 4.10. The Morgan fingerprint density at radius 2 is 1.79 bits per heavy atom. The summed E-state index contributed by atoms with van der Waals surface area (Å²) in [5, 5.41) is 11.4. The summed E-state index contributed by atoms with van der Waals surface area (Å²) in [5.41, 5.74) is 1.98. The number of benzene rings is 2. The van der Waals surface area contributed by atoms with Gasteiger partial charge in [-0.05, 0) is 48.1 Å². The molecule has 1 saturated carbocycles. The van der Waals surface area contributed by atoms with Crippen LogP contribution in [0.5, 0.6) is 5.75 Å². The summed E-state index contributed by atoms with van der Waals surface area (Å²) >= 11 is 0. The van der Waals surface area contributed by atoms with Crippen LogP contribution in [-0.4, -0.2) is 23.6 Å². The van der Waals surface area contributed by atoms with E-state index in [2.05, 4.69) is 17.4 Å². The summed E-state index contributed by atoms with van der Waals surface area (Å²) in [7, 11) is 0. The van der Waals surface area contributed by atoms with Crippen molar-refractivity contribution in [1.29, 1.82) is 0 Å². The van der Waals surface area contributed by atoms with Crippen molar-refractivity contribution in [2.45, 2.75) is 18.8 Å². The number of carboxylic acids is 1. The van der Waals surface area contributed by atoms with E-state index in [9.17, 15) is 9.59 Å². The molecule has 0 aromatic heterocycles. The number of anilines is 1. The molecule has 1 amide bonds. The largest absolute Gasteiger partial charge is 0.482 e. The number of hydrogen-bond acceptors (Lipinski definition) is 3. The zero-order valence-corrected chi connectivity index (χ0v) is 13.1. The van der Waals surface area contributed by atoms with Crippen molar-refractivity contribution in [3.8, 4) is 5.75 Å². The molecular weight excluding hydrogens is 306 g/mol. The van der Waals surface area contributed by atoms with Crippen LogP contribution in [0.1, 0.15) is 24.3 Å². The van der Waals surface area contributed by atoms with Crippen molar-refractivity contribution in [1.82, 2.24) is 0 Å². The number of carbonyl (C=O) groups excluding carboxylic acids is 1. The number of amides is 1. The molecule has 1 aliphatic rings. The van der Waals surface area contributed by atoms with Gasteiger partial charge < -0.3 is 15.2 Å². The van der Waals surface area contributed by atoms with Crippen molar-refractivity contribution in [3.05, 3.63) is 60.2 Å². The summed E-state index contributed by atoms with van der Waals surface area (Å²) in [4.78, 5) is 22.6. The molecule has 124 valence electrons. The van der Waals surface area contributed by atoms with Crippen LogP contribution in [0.2, 0.25) is 0 Å². The molecule has 2 atom stereocenters. The summed E-state index contributed by atoms with van der Waals surface area (Å²) in [6.07, 6.45) is 1.57. The number of carboxylic acid groups (broad SMARTS) is 1. The molecule has 2 aromatic carbocycles. The normalized spacial score (nSPS) is 18.7. The van der Waals surface area contributed by atoms with Gasteiger partial charge in [-0.1, -0.05) is 30.3 Å². The maximum atomic E-state index is 12.1. The average molecular weight is 325 g/mol. The molecule has 24 heavy (non-hydrogen) atoms. The standard InChI is InChI=1S/C19H19NO4/c21-18(11-14-10-17(14)13-4-2-1-3-5-13)20-15-6-8-16(9-7-15)24-12-19(22)23/h1-9,14,17H,10-12H2,(H,20,21)(H,22,23)/t14-,17-/m0/s1. The second-order valence-electron chi connectivity index (χ2n) is 5.97. The van der Waals surface area contributed by atoms with Crippen molar-refractivity contribution in [3.63, 3.8) is 0 Å². The first-order valence-corrected chi connectivity index (χ1v) is 7.91. The maximum Gasteiger partial charge on any atom is 0.341 e. The summed E-state index contributed by atoms with van der Waals surface area (Å²) in [6, 6.07) is 17.0. The van der Waals surface area contributed by atoms with E-state index in [0.717, 1.165) is 6.42 Å². The number of ether oxygens (including phenoxy) is 1. The second-order valence-corrected chi connectivity index (χ2v) is 5.97. The topological polar surface area (TPSA) is 75.6 Å². The van der Waals surface area contributed by atoms with E-state index in [1.54, 1.807) is 24.3 Å². The first-order chi connectivity index (χ1) is 11.6. The van der Waals surface area contributed by atoms with Crippen molar-refractivity contribution >= 4 is 17.6 Å². The third kappa shape index (κ3) is 4.35. The highest BCUT2D eigenvalue weighted by Crippen LogP contribution is 2.49. The van der Waals surface area contributed by atoms with Gasteiger partial charge in [-0.3, -0.25) is 4.79 Å². The number of rotatable bonds is 7. The Labute approximate surface area is 140 Å². The van der Waals surface area contributed by atoms with Crippen LogP contribution >= 0.6 is 0 Å². The molecule has 0 radical (unpaired) electrons. The Morgan fingerprint density at radius 3 is 2.46 bits per heavy atom. The molecule has 2 N–H and O–H groups in total. The van der Waals surface area contributed by atoms with Gasteiger partial charge in [0, 0.05) is 12.1 Å². The van der Waals surface area contributed by atoms with Crippen LogP contribution in [0.4, 0.5) is 5.69 Å². The van der Waals surface area contributed by atoms with Gasteiger partial charge in [-0.25, -0.2) is 4.79 Å². The first-order valence-electron chi connectivity index (χ1n) is 7.91. The molecule has 5 nitrogen and oxygen atoms in total. The average Bonchev–Trinajstić information content (AvgIpc) is 3.34. The minimum atomic E-state index is -1.02. The zero-order chi connectivity index (χ0) is 16.9. The highest BCUT2D eigenvalue weighted by molar-refractivity contribution is 5.91. The second kappa shape index (κ2) is 7.17. The Kier molecular flexibility index (Phi) is 4.79.